The fourth-order valence-corrected chi connectivity index (χ4v) is 3.71. The van der Waals surface area contributed by atoms with Gasteiger partial charge < -0.3 is 20.1 Å². The van der Waals surface area contributed by atoms with Crippen LogP contribution in [0.25, 0.3) is 0 Å². The first-order valence-electron chi connectivity index (χ1n) is 10.3. The van der Waals surface area contributed by atoms with Crippen molar-refractivity contribution in [3.8, 4) is 11.5 Å². The number of rotatable bonds is 10. The van der Waals surface area contributed by atoms with Gasteiger partial charge >= 0.3 is 5.97 Å². The van der Waals surface area contributed by atoms with Gasteiger partial charge in [0.1, 0.15) is 18.1 Å². The van der Waals surface area contributed by atoms with Crippen molar-refractivity contribution in [2.75, 3.05) is 25.3 Å². The number of nitrogens with zero attached hydrogens (tertiary/aromatic N) is 3. The summed E-state index contributed by atoms with van der Waals surface area (Å²) in [4.78, 5) is 11.6. The fraction of sp³-hybridized carbons (Fsp3) is 0.348. The van der Waals surface area contributed by atoms with Gasteiger partial charge in [0, 0.05) is 5.75 Å². The summed E-state index contributed by atoms with van der Waals surface area (Å²) in [5.74, 6) is 8.67. The molecule has 0 amide bonds. The third kappa shape index (κ3) is 5.94. The van der Waals surface area contributed by atoms with Crippen LogP contribution in [0.2, 0.25) is 0 Å². The van der Waals surface area contributed by atoms with E-state index in [2.05, 4.69) is 36.2 Å². The molecule has 0 aliphatic rings. The van der Waals surface area contributed by atoms with E-state index < -0.39 is 5.97 Å². The quantitative estimate of drug-likeness (QED) is 0.212. The number of benzene rings is 2. The maximum atomic E-state index is 11.6. The van der Waals surface area contributed by atoms with Gasteiger partial charge in [-0.3, -0.25) is 0 Å². The van der Waals surface area contributed by atoms with Crippen LogP contribution in [0, 0.1) is 6.92 Å². The molecule has 32 heavy (non-hydrogen) atoms. The van der Waals surface area contributed by atoms with Crippen LogP contribution in [0.5, 0.6) is 11.5 Å². The van der Waals surface area contributed by atoms with Gasteiger partial charge in [0.2, 0.25) is 5.16 Å². The maximum absolute atomic E-state index is 11.6. The summed E-state index contributed by atoms with van der Waals surface area (Å²) in [6.45, 7) is 6.93. The van der Waals surface area contributed by atoms with Crippen molar-refractivity contribution in [3.63, 3.8) is 0 Å². The van der Waals surface area contributed by atoms with Crippen LogP contribution in [0.1, 0.15) is 47.1 Å². The Morgan fingerprint density at radius 2 is 1.97 bits per heavy atom. The zero-order valence-corrected chi connectivity index (χ0v) is 19.5. The molecule has 2 aromatic carbocycles. The van der Waals surface area contributed by atoms with E-state index in [1.165, 1.54) is 23.5 Å². The van der Waals surface area contributed by atoms with Crippen molar-refractivity contribution in [1.82, 2.24) is 14.9 Å². The molecule has 0 atom stereocenters. The van der Waals surface area contributed by atoms with Crippen LogP contribution in [0.3, 0.4) is 0 Å². The first kappa shape index (κ1) is 23.5. The summed E-state index contributed by atoms with van der Waals surface area (Å²) in [5.41, 5.74) is 2.71. The highest BCUT2D eigenvalue weighted by Gasteiger charge is 2.14. The molecular formula is C23H28N4O4S. The lowest BCUT2D eigenvalue weighted by Crippen LogP contribution is -2.16. The number of carbonyl (C=O) groups is 1. The standard InChI is InChI=1S/C23H28N4O4S/c1-15(2)19-9-8-16(3)12-20(19)31-14-21-25-26-23(27(21)24)32-11-10-30-18-7-5-6-17(13-18)22(28)29-4/h5-9,12-13,15H,10-11,14,24H2,1-4H3. The molecule has 1 aromatic heterocycles. The number of methoxy groups -OCH3 is 1. The molecule has 0 saturated carbocycles. The van der Waals surface area contributed by atoms with Gasteiger partial charge in [0.25, 0.3) is 0 Å². The van der Waals surface area contributed by atoms with Crippen molar-refractivity contribution >= 4 is 17.7 Å². The van der Waals surface area contributed by atoms with Gasteiger partial charge in [-0.1, -0.05) is 43.8 Å². The predicted octanol–water partition coefficient (Wildman–Crippen LogP) is 3.96. The summed E-state index contributed by atoms with van der Waals surface area (Å²) < 4.78 is 17.9. The van der Waals surface area contributed by atoms with Crippen LogP contribution in [0.4, 0.5) is 0 Å². The van der Waals surface area contributed by atoms with E-state index in [1.54, 1.807) is 24.3 Å². The molecule has 0 radical (unpaired) electrons. The van der Waals surface area contributed by atoms with Gasteiger partial charge in [-0.05, 0) is 48.2 Å². The molecule has 3 aromatic rings. The van der Waals surface area contributed by atoms with Gasteiger partial charge in [-0.2, -0.15) is 0 Å². The van der Waals surface area contributed by atoms with E-state index in [4.69, 9.17) is 20.1 Å². The lowest BCUT2D eigenvalue weighted by atomic mass is 10.0. The Bertz CT molecular complexity index is 1070. The number of carbonyl (C=O) groups excluding carboxylic acids is 1. The summed E-state index contributed by atoms with van der Waals surface area (Å²) in [6, 6.07) is 13.0. The van der Waals surface area contributed by atoms with Crippen LogP contribution in [-0.4, -0.2) is 40.3 Å². The highest BCUT2D eigenvalue weighted by Crippen LogP contribution is 2.28. The second-order valence-corrected chi connectivity index (χ2v) is 8.53. The van der Waals surface area contributed by atoms with Crippen LogP contribution >= 0.6 is 11.8 Å². The Morgan fingerprint density at radius 1 is 1.16 bits per heavy atom. The normalized spacial score (nSPS) is 10.9. The van der Waals surface area contributed by atoms with E-state index >= 15 is 0 Å². The highest BCUT2D eigenvalue weighted by atomic mass is 32.2. The molecule has 2 N–H and O–H groups in total. The minimum absolute atomic E-state index is 0.226. The average molecular weight is 457 g/mol. The number of aryl methyl sites for hydroxylation is 1. The third-order valence-corrected chi connectivity index (χ3v) is 5.63. The minimum atomic E-state index is -0.401. The number of thioether (sulfide) groups is 1. The summed E-state index contributed by atoms with van der Waals surface area (Å²) in [6.07, 6.45) is 0. The summed E-state index contributed by atoms with van der Waals surface area (Å²) in [7, 11) is 1.35. The molecule has 8 nitrogen and oxygen atoms in total. The number of aromatic nitrogens is 3. The molecule has 0 spiro atoms. The highest BCUT2D eigenvalue weighted by molar-refractivity contribution is 7.99. The van der Waals surface area contributed by atoms with Gasteiger partial charge in [-0.25, -0.2) is 9.47 Å². The summed E-state index contributed by atoms with van der Waals surface area (Å²) in [5, 5.41) is 8.88. The number of nitrogens with two attached hydrogens (primary N) is 1. The molecular weight excluding hydrogens is 428 g/mol. The second-order valence-electron chi connectivity index (χ2n) is 7.47. The first-order chi connectivity index (χ1) is 15.4. The largest absolute Gasteiger partial charge is 0.493 e. The Balaban J connectivity index is 1.53. The SMILES string of the molecule is COC(=O)c1cccc(OCCSc2nnc(COc3cc(C)ccc3C(C)C)n2N)c1. The lowest BCUT2D eigenvalue weighted by Gasteiger charge is -2.14. The van der Waals surface area contributed by atoms with E-state index in [0.717, 1.165) is 16.9 Å². The third-order valence-electron chi connectivity index (χ3n) is 4.72. The van der Waals surface area contributed by atoms with Crippen LogP contribution in [0.15, 0.2) is 47.6 Å². The number of nitrogen functional groups attached to an aromatic ring is 1. The van der Waals surface area contributed by atoms with E-state index in [-0.39, 0.29) is 6.61 Å². The Kier molecular flexibility index (Phi) is 7.99. The van der Waals surface area contributed by atoms with Gasteiger partial charge in [0.15, 0.2) is 5.82 Å². The number of hydrogen-bond acceptors (Lipinski definition) is 8. The van der Waals surface area contributed by atoms with Crippen molar-refractivity contribution in [2.24, 2.45) is 0 Å². The van der Waals surface area contributed by atoms with Crippen molar-refractivity contribution in [1.29, 1.82) is 0 Å². The van der Waals surface area contributed by atoms with Gasteiger partial charge in [-0.15, -0.1) is 10.2 Å². The molecule has 0 aliphatic carbocycles. The number of esters is 1. The number of hydrogen-bond donors (Lipinski definition) is 1. The maximum Gasteiger partial charge on any atom is 0.337 e. The monoisotopic (exact) mass is 456 g/mol. The second kappa shape index (κ2) is 10.9. The molecule has 170 valence electrons. The minimum Gasteiger partial charge on any atom is -0.493 e. The zero-order chi connectivity index (χ0) is 23.1. The molecule has 0 fully saturated rings. The zero-order valence-electron chi connectivity index (χ0n) is 18.7. The van der Waals surface area contributed by atoms with Gasteiger partial charge in [0.05, 0.1) is 19.3 Å². The smallest absolute Gasteiger partial charge is 0.337 e. The Hall–Kier alpha value is -3.20. The first-order valence-corrected chi connectivity index (χ1v) is 11.2. The van der Waals surface area contributed by atoms with E-state index in [9.17, 15) is 4.79 Å². The fourth-order valence-electron chi connectivity index (χ4n) is 3.01. The average Bonchev–Trinajstić information content (AvgIpc) is 3.14. The Labute approximate surface area is 192 Å². The van der Waals surface area contributed by atoms with Crippen LogP contribution in [-0.2, 0) is 11.3 Å². The molecule has 9 heteroatoms. The molecule has 0 unspecified atom stereocenters. The topological polar surface area (TPSA) is 101 Å². The van der Waals surface area contributed by atoms with Crippen molar-refractivity contribution < 1.29 is 19.0 Å². The van der Waals surface area contributed by atoms with Crippen LogP contribution < -0.4 is 15.3 Å². The lowest BCUT2D eigenvalue weighted by molar-refractivity contribution is 0.0600. The van der Waals surface area contributed by atoms with E-state index in [1.807, 2.05) is 13.0 Å². The molecule has 0 aliphatic heterocycles. The molecule has 0 bridgehead atoms. The molecule has 0 saturated heterocycles. The molecule has 1 heterocycles. The van der Waals surface area contributed by atoms with Crippen molar-refractivity contribution in [3.05, 3.63) is 65.0 Å². The summed E-state index contributed by atoms with van der Waals surface area (Å²) >= 11 is 1.43. The molecule has 3 rings (SSSR count). The van der Waals surface area contributed by atoms with Crippen molar-refractivity contribution in [2.45, 2.75) is 38.5 Å². The predicted molar refractivity (Wildman–Crippen MR) is 124 cm³/mol. The number of ether oxygens (including phenoxy) is 3. The van der Waals surface area contributed by atoms with E-state index in [0.29, 0.717) is 40.6 Å². The Morgan fingerprint density at radius 3 is 2.72 bits per heavy atom.